The lowest BCUT2D eigenvalue weighted by atomic mass is 10.1. The number of imidazole rings is 1. The maximum atomic E-state index is 5.58. The van der Waals surface area contributed by atoms with Gasteiger partial charge in [-0.1, -0.05) is 36.3 Å². The highest BCUT2D eigenvalue weighted by molar-refractivity contribution is 5.70. The number of hydrogen-bond donors (Lipinski definition) is 0. The summed E-state index contributed by atoms with van der Waals surface area (Å²) in [6.45, 7) is 0. The second-order valence-electron chi connectivity index (χ2n) is 5.48. The Bertz CT molecular complexity index is 1070. The third-order valence-corrected chi connectivity index (χ3v) is 3.89. The number of aromatic nitrogens is 3. The molecule has 0 N–H and O–H groups in total. The van der Waals surface area contributed by atoms with Crippen molar-refractivity contribution in [1.29, 1.82) is 0 Å². The average molecular weight is 325 g/mol. The Hall–Kier alpha value is -3.58. The van der Waals surface area contributed by atoms with E-state index < -0.39 is 0 Å². The molecular weight excluding hydrogens is 310 g/mol. The minimum absolute atomic E-state index is 0.698. The SMILES string of the molecule is COc1cc(-c2ccccc2)cc2ncc(C#Cc3cccnc3)n12. The van der Waals surface area contributed by atoms with Crippen molar-refractivity contribution in [2.75, 3.05) is 7.11 Å². The van der Waals surface area contributed by atoms with E-state index in [-0.39, 0.29) is 0 Å². The molecule has 3 heterocycles. The van der Waals surface area contributed by atoms with Gasteiger partial charge >= 0.3 is 0 Å². The molecule has 0 fully saturated rings. The van der Waals surface area contributed by atoms with E-state index in [1.165, 1.54) is 0 Å². The zero-order valence-electron chi connectivity index (χ0n) is 13.7. The van der Waals surface area contributed by atoms with Crippen molar-refractivity contribution in [3.63, 3.8) is 0 Å². The lowest BCUT2D eigenvalue weighted by molar-refractivity contribution is 0.392. The van der Waals surface area contributed by atoms with Crippen molar-refractivity contribution >= 4 is 5.65 Å². The predicted octanol–water partition coefficient (Wildman–Crippen LogP) is 3.80. The van der Waals surface area contributed by atoms with Gasteiger partial charge in [0.15, 0.2) is 0 Å². The predicted molar refractivity (Wildman–Crippen MR) is 97.4 cm³/mol. The maximum absolute atomic E-state index is 5.58. The lowest BCUT2D eigenvalue weighted by Gasteiger charge is -2.09. The Morgan fingerprint density at radius 3 is 2.56 bits per heavy atom. The quantitative estimate of drug-likeness (QED) is 0.526. The van der Waals surface area contributed by atoms with Crippen molar-refractivity contribution in [3.05, 3.63) is 84.4 Å². The standard InChI is InChI=1S/C21H15N3O/c1-25-21-13-18(17-7-3-2-4-8-17)12-20-23-15-19(24(20)21)10-9-16-6-5-11-22-14-16/h2-8,11-15H,1H3. The molecule has 1 aromatic carbocycles. The fourth-order valence-corrected chi connectivity index (χ4v) is 2.69. The second-order valence-corrected chi connectivity index (χ2v) is 5.48. The van der Waals surface area contributed by atoms with E-state index in [2.05, 4.69) is 33.9 Å². The number of methoxy groups -OCH3 is 1. The summed E-state index contributed by atoms with van der Waals surface area (Å²) in [5, 5.41) is 0. The van der Waals surface area contributed by atoms with E-state index in [1.54, 1.807) is 25.7 Å². The Labute approximate surface area is 145 Å². The van der Waals surface area contributed by atoms with Gasteiger partial charge in [-0.05, 0) is 35.2 Å². The van der Waals surface area contributed by atoms with Gasteiger partial charge in [0, 0.05) is 24.0 Å². The topological polar surface area (TPSA) is 39.4 Å². The minimum atomic E-state index is 0.698. The van der Waals surface area contributed by atoms with Gasteiger partial charge in [0.2, 0.25) is 5.88 Å². The molecule has 0 amide bonds. The first kappa shape index (κ1) is 15.0. The number of benzene rings is 1. The first-order valence-corrected chi connectivity index (χ1v) is 7.88. The monoisotopic (exact) mass is 325 g/mol. The van der Waals surface area contributed by atoms with Crippen LogP contribution in [0.1, 0.15) is 11.3 Å². The van der Waals surface area contributed by atoms with E-state index in [9.17, 15) is 0 Å². The third-order valence-electron chi connectivity index (χ3n) is 3.89. The number of hydrogen-bond acceptors (Lipinski definition) is 3. The normalized spacial score (nSPS) is 10.3. The zero-order valence-corrected chi connectivity index (χ0v) is 13.7. The highest BCUT2D eigenvalue weighted by Gasteiger charge is 2.10. The van der Waals surface area contributed by atoms with Crippen LogP contribution in [0.4, 0.5) is 0 Å². The molecule has 0 aliphatic rings. The summed E-state index contributed by atoms with van der Waals surface area (Å²) >= 11 is 0. The van der Waals surface area contributed by atoms with Crippen LogP contribution in [-0.2, 0) is 0 Å². The van der Waals surface area contributed by atoms with Crippen molar-refractivity contribution in [2.24, 2.45) is 0 Å². The molecular formula is C21H15N3O. The summed E-state index contributed by atoms with van der Waals surface area (Å²) in [6, 6.07) is 18.0. The lowest BCUT2D eigenvalue weighted by Crippen LogP contribution is -1.97. The van der Waals surface area contributed by atoms with Gasteiger partial charge in [-0.15, -0.1) is 0 Å². The van der Waals surface area contributed by atoms with Crippen molar-refractivity contribution in [1.82, 2.24) is 14.4 Å². The van der Waals surface area contributed by atoms with Crippen LogP contribution in [0.3, 0.4) is 0 Å². The summed E-state index contributed by atoms with van der Waals surface area (Å²) < 4.78 is 7.50. The summed E-state index contributed by atoms with van der Waals surface area (Å²) in [4.78, 5) is 8.57. The number of rotatable bonds is 2. The van der Waals surface area contributed by atoms with Gasteiger partial charge in [0.25, 0.3) is 0 Å². The highest BCUT2D eigenvalue weighted by atomic mass is 16.5. The summed E-state index contributed by atoms with van der Waals surface area (Å²) in [6.07, 6.45) is 5.23. The number of ether oxygens (including phenoxy) is 1. The van der Waals surface area contributed by atoms with Crippen molar-refractivity contribution < 1.29 is 4.74 Å². The molecule has 120 valence electrons. The molecule has 4 rings (SSSR count). The molecule has 0 bridgehead atoms. The third kappa shape index (κ3) is 2.96. The molecule has 0 atom stereocenters. The van der Waals surface area contributed by atoms with Gasteiger partial charge in [0.05, 0.1) is 13.3 Å². The van der Waals surface area contributed by atoms with Gasteiger partial charge in [-0.2, -0.15) is 0 Å². The first-order valence-electron chi connectivity index (χ1n) is 7.88. The summed E-state index contributed by atoms with van der Waals surface area (Å²) in [5.41, 5.74) is 4.61. The van der Waals surface area contributed by atoms with Gasteiger partial charge < -0.3 is 4.74 Å². The van der Waals surface area contributed by atoms with Gasteiger partial charge in [0.1, 0.15) is 11.3 Å². The first-order chi connectivity index (χ1) is 12.3. The Balaban J connectivity index is 1.83. The average Bonchev–Trinajstić information content (AvgIpc) is 3.10. The fraction of sp³-hybridized carbons (Fsp3) is 0.0476. The van der Waals surface area contributed by atoms with Crippen LogP contribution in [0, 0.1) is 11.8 Å². The van der Waals surface area contributed by atoms with Crippen LogP contribution in [0.15, 0.2) is 73.2 Å². The Morgan fingerprint density at radius 1 is 0.920 bits per heavy atom. The molecule has 0 spiro atoms. The smallest absolute Gasteiger partial charge is 0.200 e. The molecule has 0 saturated heterocycles. The van der Waals surface area contributed by atoms with Gasteiger partial charge in [-0.3, -0.25) is 9.38 Å². The largest absolute Gasteiger partial charge is 0.482 e. The van der Waals surface area contributed by atoms with Crippen LogP contribution in [0.5, 0.6) is 5.88 Å². The van der Waals surface area contributed by atoms with Crippen LogP contribution >= 0.6 is 0 Å². The van der Waals surface area contributed by atoms with E-state index in [0.717, 1.165) is 28.0 Å². The van der Waals surface area contributed by atoms with E-state index in [0.29, 0.717) is 5.88 Å². The number of nitrogens with zero attached hydrogens (tertiary/aromatic N) is 3. The molecule has 4 heteroatoms. The molecule has 0 aliphatic carbocycles. The maximum Gasteiger partial charge on any atom is 0.200 e. The second kappa shape index (κ2) is 6.50. The van der Waals surface area contributed by atoms with Crippen LogP contribution in [0.2, 0.25) is 0 Å². The molecule has 4 aromatic rings. The highest BCUT2D eigenvalue weighted by Crippen LogP contribution is 2.27. The van der Waals surface area contributed by atoms with Crippen molar-refractivity contribution in [2.45, 2.75) is 0 Å². The summed E-state index contributed by atoms with van der Waals surface area (Å²) in [5.74, 6) is 6.95. The number of pyridine rings is 2. The molecule has 0 aliphatic heterocycles. The van der Waals surface area contributed by atoms with Crippen LogP contribution in [-0.4, -0.2) is 21.5 Å². The van der Waals surface area contributed by atoms with E-state index in [4.69, 9.17) is 4.74 Å². The summed E-state index contributed by atoms with van der Waals surface area (Å²) in [7, 11) is 1.65. The molecule has 0 unspecified atom stereocenters. The molecule has 3 aromatic heterocycles. The van der Waals surface area contributed by atoms with Crippen LogP contribution < -0.4 is 4.74 Å². The van der Waals surface area contributed by atoms with E-state index in [1.807, 2.05) is 46.9 Å². The zero-order chi connectivity index (χ0) is 17.1. The van der Waals surface area contributed by atoms with Crippen LogP contribution in [0.25, 0.3) is 16.8 Å². The molecule has 25 heavy (non-hydrogen) atoms. The fourth-order valence-electron chi connectivity index (χ4n) is 2.69. The van der Waals surface area contributed by atoms with E-state index >= 15 is 0 Å². The van der Waals surface area contributed by atoms with Crippen molar-refractivity contribution in [3.8, 4) is 28.8 Å². The minimum Gasteiger partial charge on any atom is -0.482 e. The molecule has 4 nitrogen and oxygen atoms in total. The Morgan fingerprint density at radius 2 is 1.80 bits per heavy atom. The Kier molecular flexibility index (Phi) is 3.89. The molecule has 0 radical (unpaired) electrons. The number of fused-ring (bicyclic) bond motifs is 1. The molecule has 0 saturated carbocycles. The van der Waals surface area contributed by atoms with Gasteiger partial charge in [-0.25, -0.2) is 4.98 Å².